The molecule has 3 aromatic rings. The Morgan fingerprint density at radius 3 is 2.36 bits per heavy atom. The number of hydrogen-bond acceptors (Lipinski definition) is 7. The van der Waals surface area contributed by atoms with Crippen LogP contribution >= 0.6 is 0 Å². The van der Waals surface area contributed by atoms with Crippen molar-refractivity contribution in [1.82, 2.24) is 5.01 Å². The molecule has 3 aliphatic heterocycles. The fourth-order valence-corrected chi connectivity index (χ4v) is 5.43. The number of rotatable bonds is 4. The third-order valence-electron chi connectivity index (χ3n) is 6.95. The number of carbonyl (C=O) groups is 4. The average Bonchev–Trinajstić information content (AvgIpc) is 3.36. The number of allylic oxidation sites excluding steroid dienone is 1. The minimum absolute atomic E-state index is 0.315. The van der Waals surface area contributed by atoms with Crippen LogP contribution in [0.15, 0.2) is 84.0 Å². The van der Waals surface area contributed by atoms with Gasteiger partial charge in [0.2, 0.25) is 11.8 Å². The molecule has 0 N–H and O–H groups in total. The Balaban J connectivity index is 1.38. The van der Waals surface area contributed by atoms with Gasteiger partial charge in [-0.2, -0.15) is 5.10 Å². The molecule has 8 nitrogen and oxygen atoms in total. The molecule has 4 atom stereocenters. The molecule has 6 rings (SSSR count). The van der Waals surface area contributed by atoms with Crippen molar-refractivity contribution in [3.8, 4) is 5.75 Å². The summed E-state index contributed by atoms with van der Waals surface area (Å²) in [5.74, 6) is -2.83. The smallest absolute Gasteiger partial charge is 0.308 e. The number of carbonyl (C=O) groups excluding carboxylic acids is 4. The maximum absolute atomic E-state index is 13.8. The number of imide groups is 1. The van der Waals surface area contributed by atoms with Gasteiger partial charge in [0, 0.05) is 18.7 Å². The fourth-order valence-electron chi connectivity index (χ4n) is 5.43. The predicted octanol–water partition coefficient (Wildman–Crippen LogP) is 3.36. The minimum Gasteiger partial charge on any atom is -0.427 e. The molecule has 36 heavy (non-hydrogen) atoms. The van der Waals surface area contributed by atoms with Gasteiger partial charge in [-0.05, 0) is 53.2 Å². The highest BCUT2D eigenvalue weighted by molar-refractivity contribution is 6.25. The molecule has 2 fully saturated rings. The maximum atomic E-state index is 13.8. The van der Waals surface area contributed by atoms with E-state index in [-0.39, 0.29) is 11.7 Å². The van der Waals surface area contributed by atoms with Crippen molar-refractivity contribution < 1.29 is 23.9 Å². The van der Waals surface area contributed by atoms with E-state index in [1.165, 1.54) is 24.0 Å². The Bertz CT molecular complexity index is 1490. The molecule has 0 saturated carbocycles. The highest BCUT2D eigenvalue weighted by atomic mass is 16.5. The van der Waals surface area contributed by atoms with E-state index in [2.05, 4.69) is 5.10 Å². The normalized spacial score (nSPS) is 24.2. The number of esters is 1. The van der Waals surface area contributed by atoms with Crippen molar-refractivity contribution in [3.63, 3.8) is 0 Å². The quantitative estimate of drug-likeness (QED) is 0.246. The second-order valence-corrected chi connectivity index (χ2v) is 9.04. The minimum atomic E-state index is -0.942. The molecule has 3 aliphatic rings. The lowest BCUT2D eigenvalue weighted by atomic mass is 9.86. The molecule has 0 radical (unpaired) electrons. The lowest BCUT2D eigenvalue weighted by Crippen LogP contribution is -2.46. The van der Waals surface area contributed by atoms with E-state index >= 15 is 0 Å². The van der Waals surface area contributed by atoms with Crippen LogP contribution in [0.25, 0.3) is 10.8 Å². The second kappa shape index (κ2) is 8.27. The van der Waals surface area contributed by atoms with E-state index in [4.69, 9.17) is 4.74 Å². The van der Waals surface area contributed by atoms with E-state index in [0.717, 1.165) is 10.8 Å². The van der Waals surface area contributed by atoms with Crippen LogP contribution in [0.1, 0.15) is 17.3 Å². The Morgan fingerprint density at radius 2 is 1.61 bits per heavy atom. The van der Waals surface area contributed by atoms with Crippen LogP contribution in [-0.2, 0) is 14.4 Å². The molecule has 0 aliphatic carbocycles. The molecule has 0 unspecified atom stereocenters. The van der Waals surface area contributed by atoms with Crippen LogP contribution in [-0.4, -0.2) is 46.9 Å². The summed E-state index contributed by atoms with van der Waals surface area (Å²) < 4.78 is 5.06. The lowest BCUT2D eigenvalue weighted by molar-refractivity contribution is -0.132. The predicted molar refractivity (Wildman–Crippen MR) is 133 cm³/mol. The summed E-state index contributed by atoms with van der Waals surface area (Å²) in [5, 5.41) is 7.86. The first-order valence-corrected chi connectivity index (χ1v) is 11.6. The van der Waals surface area contributed by atoms with E-state index in [9.17, 15) is 19.2 Å². The molecule has 2 saturated heterocycles. The number of nitrogens with zero attached hydrogens (tertiary/aromatic N) is 3. The zero-order chi connectivity index (χ0) is 25.0. The van der Waals surface area contributed by atoms with Crippen molar-refractivity contribution in [2.45, 2.75) is 19.0 Å². The molecular formula is C28H21N3O5. The first-order chi connectivity index (χ1) is 17.4. The van der Waals surface area contributed by atoms with Gasteiger partial charge in [0.15, 0.2) is 5.78 Å². The van der Waals surface area contributed by atoms with Gasteiger partial charge in [0.25, 0.3) is 0 Å². The van der Waals surface area contributed by atoms with Gasteiger partial charge in [-0.3, -0.25) is 24.2 Å². The summed E-state index contributed by atoms with van der Waals surface area (Å²) in [5.41, 5.74) is 0.828. The average molecular weight is 479 g/mol. The highest BCUT2D eigenvalue weighted by Crippen LogP contribution is 2.46. The van der Waals surface area contributed by atoms with Gasteiger partial charge < -0.3 is 4.74 Å². The molecule has 0 bridgehead atoms. The van der Waals surface area contributed by atoms with Crippen LogP contribution in [0, 0.1) is 11.8 Å². The Kier molecular flexibility index (Phi) is 5.03. The van der Waals surface area contributed by atoms with Crippen molar-refractivity contribution >= 4 is 46.2 Å². The molecule has 2 amide bonds. The summed E-state index contributed by atoms with van der Waals surface area (Å²) in [7, 11) is 0. The molecular weight excluding hydrogens is 458 g/mol. The summed E-state index contributed by atoms with van der Waals surface area (Å²) in [6, 6.07) is 17.9. The Labute approximate surface area is 206 Å². The van der Waals surface area contributed by atoms with Crippen LogP contribution in [0.2, 0.25) is 0 Å². The third-order valence-corrected chi connectivity index (χ3v) is 6.95. The summed E-state index contributed by atoms with van der Waals surface area (Å²) in [4.78, 5) is 53.6. The Hall–Kier alpha value is -4.59. The van der Waals surface area contributed by atoms with E-state index in [1.807, 2.05) is 42.5 Å². The molecule has 3 aromatic carbocycles. The zero-order valence-electron chi connectivity index (χ0n) is 19.3. The van der Waals surface area contributed by atoms with E-state index in [1.54, 1.807) is 35.5 Å². The number of hydrogen-bond donors (Lipinski definition) is 0. The van der Waals surface area contributed by atoms with Gasteiger partial charge in [-0.25, -0.2) is 4.90 Å². The van der Waals surface area contributed by atoms with E-state index in [0.29, 0.717) is 17.0 Å². The molecule has 8 heteroatoms. The fraction of sp³-hybridized carbons (Fsp3) is 0.179. The number of Topliss-reactive ketones (excluding diaryl/α,β-unsaturated/α-hetero) is 1. The zero-order valence-corrected chi connectivity index (χ0v) is 19.3. The SMILES string of the molecule is CC(=O)Oc1ccc(C(=O)[C@H]2[C@H]3C(=O)N(c4ccc5ccccc5c4)C(=O)[C@@H]3[C@H]3C=CC=NN32)cc1. The first kappa shape index (κ1) is 21.9. The first-order valence-electron chi connectivity index (χ1n) is 11.6. The van der Waals surface area contributed by atoms with Crippen LogP contribution < -0.4 is 9.64 Å². The second-order valence-electron chi connectivity index (χ2n) is 9.04. The third kappa shape index (κ3) is 3.33. The Morgan fingerprint density at radius 1 is 0.889 bits per heavy atom. The van der Waals surface area contributed by atoms with Crippen LogP contribution in [0.3, 0.4) is 0 Å². The monoisotopic (exact) mass is 479 g/mol. The number of fused-ring (bicyclic) bond motifs is 4. The van der Waals surface area contributed by atoms with Crippen molar-refractivity contribution in [2.24, 2.45) is 16.9 Å². The van der Waals surface area contributed by atoms with Gasteiger partial charge in [0.1, 0.15) is 11.8 Å². The number of benzene rings is 3. The maximum Gasteiger partial charge on any atom is 0.308 e. The number of ketones is 1. The molecule has 3 heterocycles. The van der Waals surface area contributed by atoms with Crippen LogP contribution in [0.5, 0.6) is 5.75 Å². The highest BCUT2D eigenvalue weighted by Gasteiger charge is 2.64. The van der Waals surface area contributed by atoms with E-state index < -0.39 is 35.8 Å². The molecule has 0 aromatic heterocycles. The number of anilines is 1. The molecule has 178 valence electrons. The van der Waals surface area contributed by atoms with Gasteiger partial charge in [-0.15, -0.1) is 0 Å². The summed E-state index contributed by atoms with van der Waals surface area (Å²) >= 11 is 0. The van der Waals surface area contributed by atoms with Crippen molar-refractivity contribution in [3.05, 3.63) is 84.4 Å². The topological polar surface area (TPSA) is 96.3 Å². The number of hydrazone groups is 1. The lowest BCUT2D eigenvalue weighted by Gasteiger charge is -2.30. The number of amides is 2. The van der Waals surface area contributed by atoms with Crippen molar-refractivity contribution in [1.29, 1.82) is 0 Å². The van der Waals surface area contributed by atoms with Gasteiger partial charge in [0.05, 0.1) is 23.6 Å². The summed E-state index contributed by atoms with van der Waals surface area (Å²) in [6.07, 6.45) is 5.10. The van der Waals surface area contributed by atoms with Gasteiger partial charge in [-0.1, -0.05) is 36.4 Å². The molecule has 0 spiro atoms. The summed E-state index contributed by atoms with van der Waals surface area (Å²) in [6.45, 7) is 1.30. The standard InChI is InChI=1S/C28H21N3O5/c1-16(32)36-21-12-9-18(10-13-21)26(33)25-24-23(22-7-4-14-29-31(22)25)27(34)30(28(24)35)20-11-8-17-5-2-3-6-19(17)15-20/h2-15,22-25H,1H3/t22-,23-,24+,25-/m1/s1. The van der Waals surface area contributed by atoms with Crippen LogP contribution in [0.4, 0.5) is 5.69 Å². The van der Waals surface area contributed by atoms with Crippen molar-refractivity contribution in [2.75, 3.05) is 4.90 Å². The van der Waals surface area contributed by atoms with Gasteiger partial charge >= 0.3 is 5.97 Å². The largest absolute Gasteiger partial charge is 0.427 e. The number of ether oxygens (including phenoxy) is 1.